The second-order valence-electron chi connectivity index (χ2n) is 6.72. The number of aliphatic hydroxyl groups excluding tert-OH is 1. The van der Waals surface area contributed by atoms with Crippen molar-refractivity contribution in [3.05, 3.63) is 79.5 Å². The lowest BCUT2D eigenvalue weighted by Crippen LogP contribution is -2.16. The maximum Gasteiger partial charge on any atom is 0.287 e. The van der Waals surface area contributed by atoms with Crippen LogP contribution in [0.3, 0.4) is 0 Å². The summed E-state index contributed by atoms with van der Waals surface area (Å²) in [5, 5.41) is 17.9. The van der Waals surface area contributed by atoms with Crippen LogP contribution in [0.25, 0.3) is 5.69 Å². The maximum atomic E-state index is 13.0. The number of aromatic amines is 1. The normalized spacial score (nSPS) is 10.7. The number of hydrogen-bond acceptors (Lipinski definition) is 5. The molecule has 0 atom stereocenters. The molecule has 0 spiro atoms. The van der Waals surface area contributed by atoms with Crippen molar-refractivity contribution >= 4 is 69.9 Å². The lowest BCUT2D eigenvalue weighted by Gasteiger charge is -2.09. The molecule has 8 nitrogen and oxygen atoms in total. The monoisotopic (exact) mass is 526 g/mol. The molecule has 172 valence electrons. The molecule has 1 heterocycles. The van der Waals surface area contributed by atoms with Gasteiger partial charge < -0.3 is 15.7 Å². The zero-order valence-electron chi connectivity index (χ0n) is 17.0. The van der Waals surface area contributed by atoms with E-state index in [1.54, 1.807) is 19.1 Å². The standard InChI is InChI=1S/C21H17Cl3N4O4S/c1-10(2)19(30)25-13-5-3-4-11(6-13)20(31)26-18-17(33-9-29)21(32)28(27-18)16-14(23)7-12(22)8-15(16)24/h3-8,27,29H,1,9H2,2H3,(H,25,30)(H,26,31). The first-order valence-electron chi connectivity index (χ1n) is 9.24. The molecule has 3 rings (SSSR count). The molecule has 12 heteroatoms. The van der Waals surface area contributed by atoms with Crippen molar-refractivity contribution in [2.75, 3.05) is 16.6 Å². The molecule has 33 heavy (non-hydrogen) atoms. The highest BCUT2D eigenvalue weighted by Crippen LogP contribution is 2.33. The molecule has 0 unspecified atom stereocenters. The quantitative estimate of drug-likeness (QED) is 0.197. The number of carbonyl (C=O) groups is 2. The largest absolute Gasteiger partial charge is 0.385 e. The first-order valence-corrected chi connectivity index (χ1v) is 11.4. The number of aromatic nitrogens is 2. The third-order valence-electron chi connectivity index (χ3n) is 4.27. The Morgan fingerprint density at radius 2 is 1.82 bits per heavy atom. The zero-order chi connectivity index (χ0) is 24.3. The predicted molar refractivity (Wildman–Crippen MR) is 132 cm³/mol. The summed E-state index contributed by atoms with van der Waals surface area (Å²) >= 11 is 19.2. The lowest BCUT2D eigenvalue weighted by molar-refractivity contribution is -0.112. The van der Waals surface area contributed by atoms with Crippen LogP contribution in [0, 0.1) is 0 Å². The van der Waals surface area contributed by atoms with Crippen LogP contribution in [-0.4, -0.2) is 32.6 Å². The predicted octanol–water partition coefficient (Wildman–Crippen LogP) is 4.93. The molecule has 0 saturated heterocycles. The van der Waals surface area contributed by atoms with Crippen molar-refractivity contribution in [3.8, 4) is 5.69 Å². The van der Waals surface area contributed by atoms with Gasteiger partial charge in [0, 0.05) is 21.8 Å². The van der Waals surface area contributed by atoms with E-state index in [0.29, 0.717) is 11.3 Å². The van der Waals surface area contributed by atoms with Gasteiger partial charge in [-0.3, -0.25) is 19.5 Å². The number of thioether (sulfide) groups is 1. The van der Waals surface area contributed by atoms with E-state index in [-0.39, 0.29) is 42.9 Å². The average Bonchev–Trinajstić information content (AvgIpc) is 3.03. The van der Waals surface area contributed by atoms with E-state index < -0.39 is 17.4 Å². The minimum atomic E-state index is -0.585. The molecular formula is C21H17Cl3N4O4S. The lowest BCUT2D eigenvalue weighted by atomic mass is 10.2. The van der Waals surface area contributed by atoms with Gasteiger partial charge in [0.25, 0.3) is 17.4 Å². The molecule has 2 amide bonds. The Kier molecular flexibility index (Phi) is 7.93. The smallest absolute Gasteiger partial charge is 0.287 e. The van der Waals surface area contributed by atoms with Crippen LogP contribution in [0.5, 0.6) is 0 Å². The second-order valence-corrected chi connectivity index (χ2v) is 8.92. The molecule has 0 aliphatic heterocycles. The van der Waals surface area contributed by atoms with E-state index in [1.807, 2.05) is 0 Å². The van der Waals surface area contributed by atoms with E-state index in [0.717, 1.165) is 16.4 Å². The topological polar surface area (TPSA) is 116 Å². The van der Waals surface area contributed by atoms with Gasteiger partial charge in [-0.05, 0) is 37.3 Å². The van der Waals surface area contributed by atoms with Crippen molar-refractivity contribution in [1.29, 1.82) is 0 Å². The van der Waals surface area contributed by atoms with Gasteiger partial charge in [-0.25, -0.2) is 4.68 Å². The van der Waals surface area contributed by atoms with E-state index in [4.69, 9.17) is 34.8 Å². The van der Waals surface area contributed by atoms with E-state index >= 15 is 0 Å². The molecule has 2 aromatic carbocycles. The van der Waals surface area contributed by atoms with E-state index in [2.05, 4.69) is 22.3 Å². The average molecular weight is 528 g/mol. The summed E-state index contributed by atoms with van der Waals surface area (Å²) in [6, 6.07) is 9.05. The Labute approximate surface area is 207 Å². The fourth-order valence-electron chi connectivity index (χ4n) is 2.77. The summed E-state index contributed by atoms with van der Waals surface area (Å²) in [5.41, 5.74) is 0.474. The molecule has 0 saturated carbocycles. The van der Waals surface area contributed by atoms with Crippen molar-refractivity contribution in [1.82, 2.24) is 9.78 Å². The number of benzene rings is 2. The Hall–Kier alpha value is -2.69. The number of halogens is 3. The van der Waals surface area contributed by atoms with Gasteiger partial charge in [0.2, 0.25) is 0 Å². The Morgan fingerprint density at radius 1 is 1.15 bits per heavy atom. The Balaban J connectivity index is 1.97. The fourth-order valence-corrected chi connectivity index (χ4v) is 4.34. The second kappa shape index (κ2) is 10.5. The number of carbonyl (C=O) groups excluding carboxylic acids is 2. The first kappa shape index (κ1) is 24.9. The summed E-state index contributed by atoms with van der Waals surface area (Å²) in [6.45, 7) is 5.13. The summed E-state index contributed by atoms with van der Waals surface area (Å²) in [7, 11) is 0. The van der Waals surface area contributed by atoms with Crippen LogP contribution >= 0.6 is 46.6 Å². The number of aliphatic hydroxyl groups is 1. The Morgan fingerprint density at radius 3 is 2.42 bits per heavy atom. The SMILES string of the molecule is C=C(C)C(=O)Nc1cccc(C(=O)Nc2[nH]n(-c3c(Cl)cc(Cl)cc3Cl)c(=O)c2SCO)c1. The number of amides is 2. The first-order chi connectivity index (χ1) is 15.6. The minimum absolute atomic E-state index is 0.0301. The molecule has 0 bridgehead atoms. The van der Waals surface area contributed by atoms with Crippen molar-refractivity contribution in [2.45, 2.75) is 11.8 Å². The molecule has 1 aromatic heterocycles. The number of anilines is 2. The van der Waals surface area contributed by atoms with Gasteiger partial charge in [0.15, 0.2) is 0 Å². The number of hydrogen-bond donors (Lipinski definition) is 4. The molecule has 0 aliphatic carbocycles. The summed E-state index contributed by atoms with van der Waals surface area (Å²) in [6.07, 6.45) is 0. The highest BCUT2D eigenvalue weighted by molar-refractivity contribution is 7.99. The van der Waals surface area contributed by atoms with E-state index in [1.165, 1.54) is 24.3 Å². The third-order valence-corrected chi connectivity index (χ3v) is 5.86. The minimum Gasteiger partial charge on any atom is -0.385 e. The van der Waals surface area contributed by atoms with Gasteiger partial charge in [-0.1, -0.05) is 59.2 Å². The van der Waals surface area contributed by atoms with Gasteiger partial charge in [-0.2, -0.15) is 0 Å². The third kappa shape index (κ3) is 5.63. The molecule has 4 N–H and O–H groups in total. The van der Waals surface area contributed by atoms with E-state index in [9.17, 15) is 19.5 Å². The highest BCUT2D eigenvalue weighted by Gasteiger charge is 2.21. The van der Waals surface area contributed by atoms with Gasteiger partial charge >= 0.3 is 0 Å². The van der Waals surface area contributed by atoms with Crippen molar-refractivity contribution in [3.63, 3.8) is 0 Å². The molecule has 0 aliphatic rings. The van der Waals surface area contributed by atoms with Crippen LogP contribution in [0.15, 0.2) is 58.2 Å². The number of nitrogens with one attached hydrogen (secondary N) is 3. The Bertz CT molecular complexity index is 1300. The van der Waals surface area contributed by atoms with Crippen LogP contribution in [0.1, 0.15) is 17.3 Å². The number of nitrogens with zero attached hydrogens (tertiary/aromatic N) is 1. The van der Waals surface area contributed by atoms with Crippen LogP contribution in [-0.2, 0) is 4.79 Å². The molecule has 3 aromatic rings. The van der Waals surface area contributed by atoms with Crippen molar-refractivity contribution < 1.29 is 14.7 Å². The van der Waals surface area contributed by atoms with Gasteiger partial charge in [-0.15, -0.1) is 0 Å². The summed E-state index contributed by atoms with van der Waals surface area (Å²) in [4.78, 5) is 37.7. The number of rotatable bonds is 7. The van der Waals surface area contributed by atoms with Crippen molar-refractivity contribution in [2.24, 2.45) is 0 Å². The molecular weight excluding hydrogens is 511 g/mol. The van der Waals surface area contributed by atoms with Crippen LogP contribution in [0.4, 0.5) is 11.5 Å². The van der Waals surface area contributed by atoms with Crippen LogP contribution < -0.4 is 16.2 Å². The zero-order valence-corrected chi connectivity index (χ0v) is 20.1. The number of H-pyrrole nitrogens is 1. The van der Waals surface area contributed by atoms with Crippen LogP contribution in [0.2, 0.25) is 15.1 Å². The van der Waals surface area contributed by atoms with Gasteiger partial charge in [0.05, 0.1) is 16.0 Å². The molecule has 0 fully saturated rings. The maximum absolute atomic E-state index is 13.0. The highest BCUT2D eigenvalue weighted by atomic mass is 35.5. The summed E-state index contributed by atoms with van der Waals surface area (Å²) < 4.78 is 1.05. The fraction of sp³-hybridized carbons (Fsp3) is 0.0952. The summed E-state index contributed by atoms with van der Waals surface area (Å²) in [5.74, 6) is -1.33. The van der Waals surface area contributed by atoms with Gasteiger partial charge in [0.1, 0.15) is 16.4 Å². The molecule has 0 radical (unpaired) electrons.